The number of ether oxygens (including phenoxy) is 2. The first-order valence-corrected chi connectivity index (χ1v) is 10.3. The minimum Gasteiger partial charge on any atom is -0.483 e. The number of benzene rings is 1. The van der Waals surface area contributed by atoms with Crippen molar-refractivity contribution in [3.05, 3.63) is 29.8 Å². The van der Waals surface area contributed by atoms with Crippen LogP contribution in [-0.4, -0.2) is 56.7 Å². The van der Waals surface area contributed by atoms with E-state index in [1.54, 1.807) is 12.0 Å². The van der Waals surface area contributed by atoms with Gasteiger partial charge in [0.25, 0.3) is 5.91 Å². The zero-order chi connectivity index (χ0) is 20.4. The first-order chi connectivity index (χ1) is 13.6. The van der Waals surface area contributed by atoms with E-state index in [-0.39, 0.29) is 24.3 Å². The Kier molecular flexibility index (Phi) is 9.28. The Bertz CT molecular complexity index is 627. The molecule has 2 amide bonds. The van der Waals surface area contributed by atoms with Gasteiger partial charge in [0.15, 0.2) is 6.61 Å². The van der Waals surface area contributed by atoms with Crippen LogP contribution in [0.4, 0.5) is 0 Å². The highest BCUT2D eigenvalue weighted by molar-refractivity contribution is 5.80. The van der Waals surface area contributed by atoms with Gasteiger partial charge in [-0.15, -0.1) is 0 Å². The predicted octanol–water partition coefficient (Wildman–Crippen LogP) is 2.97. The molecule has 1 saturated heterocycles. The highest BCUT2D eigenvalue weighted by atomic mass is 16.5. The van der Waals surface area contributed by atoms with Crippen LogP contribution in [0, 0.1) is 5.92 Å². The molecule has 0 radical (unpaired) electrons. The van der Waals surface area contributed by atoms with Crippen LogP contribution in [0.25, 0.3) is 0 Å². The Morgan fingerprint density at radius 2 is 1.96 bits per heavy atom. The molecule has 0 spiro atoms. The summed E-state index contributed by atoms with van der Waals surface area (Å²) in [5, 5.41) is 2.95. The molecule has 1 aromatic carbocycles. The summed E-state index contributed by atoms with van der Waals surface area (Å²) < 4.78 is 10.8. The van der Waals surface area contributed by atoms with E-state index in [1.807, 2.05) is 18.2 Å². The summed E-state index contributed by atoms with van der Waals surface area (Å²) in [5.41, 5.74) is 1.14. The minimum absolute atomic E-state index is 0.0151. The number of nitrogens with zero attached hydrogens (tertiary/aromatic N) is 1. The zero-order valence-corrected chi connectivity index (χ0v) is 17.4. The first-order valence-electron chi connectivity index (χ1n) is 10.3. The average molecular weight is 391 g/mol. The molecule has 1 atom stereocenters. The molecule has 0 aromatic heterocycles. The molecule has 1 aliphatic heterocycles. The molecule has 6 heteroatoms. The van der Waals surface area contributed by atoms with Gasteiger partial charge in [0.1, 0.15) is 5.75 Å². The fourth-order valence-electron chi connectivity index (χ4n) is 3.43. The van der Waals surface area contributed by atoms with E-state index in [9.17, 15) is 9.59 Å². The lowest BCUT2D eigenvalue weighted by molar-refractivity contribution is -0.137. The Balaban J connectivity index is 1.76. The number of rotatable bonds is 10. The second kappa shape index (κ2) is 11.7. The van der Waals surface area contributed by atoms with Crippen LogP contribution in [0.2, 0.25) is 0 Å². The Hall–Kier alpha value is -2.08. The summed E-state index contributed by atoms with van der Waals surface area (Å²) >= 11 is 0. The lowest BCUT2D eigenvalue weighted by atomic mass is 9.96. The number of carbonyl (C=O) groups excluding carboxylic acids is 2. The monoisotopic (exact) mass is 390 g/mol. The molecule has 6 nitrogen and oxygen atoms in total. The molecule has 1 N–H and O–H groups in total. The number of amides is 2. The van der Waals surface area contributed by atoms with E-state index in [0.717, 1.165) is 24.2 Å². The smallest absolute Gasteiger partial charge is 0.260 e. The topological polar surface area (TPSA) is 67.9 Å². The van der Waals surface area contributed by atoms with Gasteiger partial charge in [0, 0.05) is 39.3 Å². The van der Waals surface area contributed by atoms with Crippen LogP contribution in [0.5, 0.6) is 5.75 Å². The van der Waals surface area contributed by atoms with Crippen molar-refractivity contribution in [2.75, 3.05) is 40.0 Å². The maximum atomic E-state index is 12.5. The Morgan fingerprint density at radius 3 is 2.64 bits per heavy atom. The van der Waals surface area contributed by atoms with Crippen LogP contribution in [0.15, 0.2) is 24.3 Å². The van der Waals surface area contributed by atoms with Crippen molar-refractivity contribution in [3.8, 4) is 5.75 Å². The third-order valence-electron chi connectivity index (χ3n) is 5.46. The zero-order valence-electron chi connectivity index (χ0n) is 17.4. The number of carbonyl (C=O) groups is 2. The molecule has 2 rings (SSSR count). The van der Waals surface area contributed by atoms with E-state index in [2.05, 4.69) is 25.2 Å². The summed E-state index contributed by atoms with van der Waals surface area (Å²) in [7, 11) is 1.65. The number of nitrogens with one attached hydrogen (secondary N) is 1. The van der Waals surface area contributed by atoms with Gasteiger partial charge in [0.2, 0.25) is 5.91 Å². The fourth-order valence-corrected chi connectivity index (χ4v) is 3.43. The normalized spacial score (nSPS) is 15.9. The molecule has 1 unspecified atom stereocenters. The Morgan fingerprint density at radius 1 is 1.25 bits per heavy atom. The molecule has 0 aliphatic carbocycles. The van der Waals surface area contributed by atoms with Crippen molar-refractivity contribution < 1.29 is 19.1 Å². The maximum Gasteiger partial charge on any atom is 0.260 e. The summed E-state index contributed by atoms with van der Waals surface area (Å²) in [4.78, 5) is 26.5. The molecule has 1 fully saturated rings. The van der Waals surface area contributed by atoms with Gasteiger partial charge < -0.3 is 19.7 Å². The average Bonchev–Trinajstić information content (AvgIpc) is 2.74. The number of likely N-dealkylation sites (tertiary alicyclic amines) is 1. The number of hydrogen-bond acceptors (Lipinski definition) is 4. The SMILES string of the molecule is CCC(C)c1ccccc1OCC(=O)N1CCC(C(=O)NCCCOC)CC1. The van der Waals surface area contributed by atoms with Crippen molar-refractivity contribution in [1.29, 1.82) is 0 Å². The predicted molar refractivity (Wildman–Crippen MR) is 109 cm³/mol. The van der Waals surface area contributed by atoms with Gasteiger partial charge in [-0.1, -0.05) is 32.0 Å². The highest BCUT2D eigenvalue weighted by Gasteiger charge is 2.27. The van der Waals surface area contributed by atoms with Crippen molar-refractivity contribution in [2.45, 2.75) is 45.4 Å². The molecular formula is C22H34N2O4. The van der Waals surface area contributed by atoms with Gasteiger partial charge in [0.05, 0.1) is 0 Å². The molecule has 1 heterocycles. The Labute approximate surface area is 168 Å². The van der Waals surface area contributed by atoms with Crippen LogP contribution < -0.4 is 10.1 Å². The van der Waals surface area contributed by atoms with Crippen LogP contribution in [0.3, 0.4) is 0 Å². The van der Waals surface area contributed by atoms with Gasteiger partial charge >= 0.3 is 0 Å². The van der Waals surface area contributed by atoms with Crippen molar-refractivity contribution in [3.63, 3.8) is 0 Å². The number of para-hydroxylation sites is 1. The molecule has 0 saturated carbocycles. The number of hydrogen-bond donors (Lipinski definition) is 1. The molecule has 1 aliphatic rings. The molecule has 0 bridgehead atoms. The van der Waals surface area contributed by atoms with E-state index >= 15 is 0 Å². The third-order valence-corrected chi connectivity index (χ3v) is 5.46. The van der Waals surface area contributed by atoms with Gasteiger partial charge in [-0.2, -0.15) is 0 Å². The standard InChI is InChI=1S/C22H34N2O4/c1-4-17(2)19-8-5-6-9-20(19)28-16-21(25)24-13-10-18(11-14-24)22(26)23-12-7-15-27-3/h5-6,8-9,17-18H,4,7,10-16H2,1-3H3,(H,23,26). The lowest BCUT2D eigenvalue weighted by Crippen LogP contribution is -2.44. The van der Waals surface area contributed by atoms with Crippen molar-refractivity contribution in [1.82, 2.24) is 10.2 Å². The van der Waals surface area contributed by atoms with Gasteiger partial charge in [-0.3, -0.25) is 9.59 Å². The lowest BCUT2D eigenvalue weighted by Gasteiger charge is -2.31. The second-order valence-electron chi connectivity index (χ2n) is 7.43. The largest absolute Gasteiger partial charge is 0.483 e. The van der Waals surface area contributed by atoms with Gasteiger partial charge in [-0.25, -0.2) is 0 Å². The maximum absolute atomic E-state index is 12.5. The second-order valence-corrected chi connectivity index (χ2v) is 7.43. The van der Waals surface area contributed by atoms with Crippen LogP contribution in [0.1, 0.15) is 51.0 Å². The first kappa shape index (κ1) is 22.2. The van der Waals surface area contributed by atoms with E-state index in [4.69, 9.17) is 9.47 Å². The van der Waals surface area contributed by atoms with Crippen LogP contribution in [-0.2, 0) is 14.3 Å². The fraction of sp³-hybridized carbons (Fsp3) is 0.636. The number of piperidine rings is 1. The van der Waals surface area contributed by atoms with E-state index in [0.29, 0.717) is 45.0 Å². The van der Waals surface area contributed by atoms with Crippen molar-refractivity contribution >= 4 is 11.8 Å². The molecular weight excluding hydrogens is 356 g/mol. The van der Waals surface area contributed by atoms with Crippen LogP contribution >= 0.6 is 0 Å². The van der Waals surface area contributed by atoms with Gasteiger partial charge in [-0.05, 0) is 43.2 Å². The number of methoxy groups -OCH3 is 1. The summed E-state index contributed by atoms with van der Waals surface area (Å²) in [6, 6.07) is 7.92. The summed E-state index contributed by atoms with van der Waals surface area (Å²) in [5.74, 6) is 1.23. The summed E-state index contributed by atoms with van der Waals surface area (Å²) in [6.45, 7) is 6.83. The molecule has 156 valence electrons. The van der Waals surface area contributed by atoms with E-state index in [1.165, 1.54) is 0 Å². The quantitative estimate of drug-likeness (QED) is 0.624. The van der Waals surface area contributed by atoms with E-state index < -0.39 is 0 Å². The third kappa shape index (κ3) is 6.51. The van der Waals surface area contributed by atoms with Crippen molar-refractivity contribution in [2.24, 2.45) is 5.92 Å². The molecule has 1 aromatic rings. The minimum atomic E-state index is -0.0158. The molecule has 28 heavy (non-hydrogen) atoms. The highest BCUT2D eigenvalue weighted by Crippen LogP contribution is 2.28. The summed E-state index contributed by atoms with van der Waals surface area (Å²) in [6.07, 6.45) is 3.24.